The predicted molar refractivity (Wildman–Crippen MR) is 80.9 cm³/mol. The van der Waals surface area contributed by atoms with Crippen molar-refractivity contribution < 1.29 is 9.21 Å². The standard InChI is InChI=1S/C15H15BrN2O2/c16-11-3-5-13(6-4-11)18-8-7-12(10-18)17-15(19)14-2-1-9-20-14/h1-6,9,12H,7-8,10H2,(H,17,19). The Morgan fingerprint density at radius 3 is 2.80 bits per heavy atom. The van der Waals surface area contributed by atoms with Gasteiger partial charge in [-0.3, -0.25) is 4.79 Å². The molecule has 1 saturated heterocycles. The molecule has 20 heavy (non-hydrogen) atoms. The van der Waals surface area contributed by atoms with Crippen LogP contribution in [0.4, 0.5) is 5.69 Å². The third kappa shape index (κ3) is 2.88. The fourth-order valence-electron chi connectivity index (χ4n) is 2.43. The first kappa shape index (κ1) is 13.2. The molecule has 5 heteroatoms. The number of hydrogen-bond donors (Lipinski definition) is 1. The summed E-state index contributed by atoms with van der Waals surface area (Å²) in [6, 6.07) is 11.8. The number of furan rings is 1. The molecule has 1 aliphatic heterocycles. The molecule has 104 valence electrons. The van der Waals surface area contributed by atoms with Crippen LogP contribution < -0.4 is 10.2 Å². The van der Waals surface area contributed by atoms with Crippen LogP contribution in [0.25, 0.3) is 0 Å². The van der Waals surface area contributed by atoms with E-state index in [-0.39, 0.29) is 11.9 Å². The highest BCUT2D eigenvalue weighted by Crippen LogP contribution is 2.22. The Bertz CT molecular complexity index is 580. The van der Waals surface area contributed by atoms with Crippen LogP contribution in [-0.4, -0.2) is 25.0 Å². The summed E-state index contributed by atoms with van der Waals surface area (Å²) < 4.78 is 6.17. The van der Waals surface area contributed by atoms with Crippen molar-refractivity contribution in [2.75, 3.05) is 18.0 Å². The summed E-state index contributed by atoms with van der Waals surface area (Å²) in [7, 11) is 0. The quantitative estimate of drug-likeness (QED) is 0.938. The lowest BCUT2D eigenvalue weighted by molar-refractivity contribution is 0.0912. The van der Waals surface area contributed by atoms with Crippen LogP contribution in [0, 0.1) is 0 Å². The summed E-state index contributed by atoms with van der Waals surface area (Å²) in [5, 5.41) is 3.01. The van der Waals surface area contributed by atoms with Crippen molar-refractivity contribution in [1.82, 2.24) is 5.32 Å². The predicted octanol–water partition coefficient (Wildman–Crippen LogP) is 3.05. The van der Waals surface area contributed by atoms with E-state index in [0.717, 1.165) is 24.0 Å². The van der Waals surface area contributed by atoms with Gasteiger partial charge in [-0.05, 0) is 42.8 Å². The minimum atomic E-state index is -0.141. The lowest BCUT2D eigenvalue weighted by Crippen LogP contribution is -2.36. The molecule has 1 aromatic carbocycles. The molecule has 1 aromatic heterocycles. The van der Waals surface area contributed by atoms with Crippen LogP contribution in [0.1, 0.15) is 17.0 Å². The van der Waals surface area contributed by atoms with Gasteiger partial charge in [-0.25, -0.2) is 0 Å². The number of nitrogens with one attached hydrogen (secondary N) is 1. The van der Waals surface area contributed by atoms with Crippen molar-refractivity contribution >= 4 is 27.5 Å². The zero-order valence-electron chi connectivity index (χ0n) is 10.9. The van der Waals surface area contributed by atoms with E-state index in [2.05, 4.69) is 38.3 Å². The fraction of sp³-hybridized carbons (Fsp3) is 0.267. The number of carbonyl (C=O) groups excluding carboxylic acids is 1. The fourth-order valence-corrected chi connectivity index (χ4v) is 2.69. The molecule has 2 heterocycles. The van der Waals surface area contributed by atoms with Gasteiger partial charge in [-0.15, -0.1) is 0 Å². The monoisotopic (exact) mass is 334 g/mol. The molecule has 3 rings (SSSR count). The van der Waals surface area contributed by atoms with Gasteiger partial charge < -0.3 is 14.6 Å². The molecule has 0 bridgehead atoms. The van der Waals surface area contributed by atoms with Gasteiger partial charge in [0.05, 0.1) is 6.26 Å². The topological polar surface area (TPSA) is 45.5 Å². The normalized spacial score (nSPS) is 18.2. The van der Waals surface area contributed by atoms with Gasteiger partial charge in [0.25, 0.3) is 5.91 Å². The minimum Gasteiger partial charge on any atom is -0.459 e. The second-order valence-corrected chi connectivity index (χ2v) is 5.77. The summed E-state index contributed by atoms with van der Waals surface area (Å²) in [5.74, 6) is 0.227. The van der Waals surface area contributed by atoms with Crippen molar-refractivity contribution in [3.8, 4) is 0 Å². The average molecular weight is 335 g/mol. The van der Waals surface area contributed by atoms with Crippen molar-refractivity contribution in [2.45, 2.75) is 12.5 Å². The molecule has 0 saturated carbocycles. The maximum atomic E-state index is 11.9. The Morgan fingerprint density at radius 2 is 2.10 bits per heavy atom. The van der Waals surface area contributed by atoms with E-state index >= 15 is 0 Å². The third-order valence-corrected chi connectivity index (χ3v) is 3.99. The first-order chi connectivity index (χ1) is 9.72. The number of rotatable bonds is 3. The highest BCUT2D eigenvalue weighted by Gasteiger charge is 2.25. The molecule has 0 aliphatic carbocycles. The number of benzene rings is 1. The lowest BCUT2D eigenvalue weighted by atomic mass is 10.2. The second-order valence-electron chi connectivity index (χ2n) is 4.86. The average Bonchev–Trinajstić information content (AvgIpc) is 3.10. The second kappa shape index (κ2) is 5.71. The number of hydrogen-bond acceptors (Lipinski definition) is 3. The lowest BCUT2D eigenvalue weighted by Gasteiger charge is -2.19. The summed E-state index contributed by atoms with van der Waals surface area (Å²) >= 11 is 3.43. The largest absolute Gasteiger partial charge is 0.459 e. The Labute approximate surface area is 125 Å². The first-order valence-electron chi connectivity index (χ1n) is 6.57. The molecule has 1 unspecified atom stereocenters. The van der Waals surface area contributed by atoms with E-state index in [9.17, 15) is 4.79 Å². The van der Waals surface area contributed by atoms with E-state index in [0.29, 0.717) is 5.76 Å². The molecule has 1 N–H and O–H groups in total. The van der Waals surface area contributed by atoms with Gasteiger partial charge in [0, 0.05) is 29.3 Å². The molecule has 1 fully saturated rings. The zero-order valence-corrected chi connectivity index (χ0v) is 12.5. The molecule has 1 amide bonds. The number of carbonyl (C=O) groups is 1. The van der Waals surface area contributed by atoms with Crippen LogP contribution in [-0.2, 0) is 0 Å². The van der Waals surface area contributed by atoms with Crippen LogP contribution in [0.2, 0.25) is 0 Å². The number of halogens is 1. The highest BCUT2D eigenvalue weighted by molar-refractivity contribution is 9.10. The molecule has 2 aromatic rings. The Hall–Kier alpha value is -1.75. The van der Waals surface area contributed by atoms with Crippen molar-refractivity contribution in [2.24, 2.45) is 0 Å². The Morgan fingerprint density at radius 1 is 1.30 bits per heavy atom. The smallest absolute Gasteiger partial charge is 0.287 e. The molecule has 0 spiro atoms. The molecule has 4 nitrogen and oxygen atoms in total. The molecule has 1 atom stereocenters. The minimum absolute atomic E-state index is 0.141. The Balaban J connectivity index is 1.59. The third-order valence-electron chi connectivity index (χ3n) is 3.46. The Kier molecular flexibility index (Phi) is 3.78. The van der Waals surface area contributed by atoms with Gasteiger partial charge in [-0.1, -0.05) is 15.9 Å². The van der Waals surface area contributed by atoms with E-state index in [1.807, 2.05) is 12.1 Å². The maximum Gasteiger partial charge on any atom is 0.287 e. The van der Waals surface area contributed by atoms with E-state index in [1.54, 1.807) is 12.1 Å². The van der Waals surface area contributed by atoms with Crippen molar-refractivity contribution in [3.63, 3.8) is 0 Å². The van der Waals surface area contributed by atoms with Crippen LogP contribution in [0.15, 0.2) is 51.6 Å². The first-order valence-corrected chi connectivity index (χ1v) is 7.36. The summed E-state index contributed by atoms with van der Waals surface area (Å²) in [5.41, 5.74) is 1.18. The van der Waals surface area contributed by atoms with Crippen molar-refractivity contribution in [3.05, 3.63) is 52.9 Å². The van der Waals surface area contributed by atoms with Gasteiger partial charge in [-0.2, -0.15) is 0 Å². The van der Waals surface area contributed by atoms with Crippen LogP contribution in [0.5, 0.6) is 0 Å². The maximum absolute atomic E-state index is 11.9. The number of anilines is 1. The van der Waals surface area contributed by atoms with Gasteiger partial charge in [0.1, 0.15) is 0 Å². The van der Waals surface area contributed by atoms with Crippen LogP contribution >= 0.6 is 15.9 Å². The highest BCUT2D eigenvalue weighted by atomic mass is 79.9. The van der Waals surface area contributed by atoms with Gasteiger partial charge in [0.15, 0.2) is 5.76 Å². The molecule has 0 radical (unpaired) electrons. The summed E-state index contributed by atoms with van der Waals surface area (Å²) in [6.07, 6.45) is 2.46. The number of nitrogens with zero attached hydrogens (tertiary/aromatic N) is 1. The number of amides is 1. The van der Waals surface area contributed by atoms with E-state index < -0.39 is 0 Å². The summed E-state index contributed by atoms with van der Waals surface area (Å²) in [6.45, 7) is 1.78. The van der Waals surface area contributed by atoms with E-state index in [4.69, 9.17) is 4.42 Å². The van der Waals surface area contributed by atoms with Gasteiger partial charge in [0.2, 0.25) is 0 Å². The molecular weight excluding hydrogens is 320 g/mol. The molecule has 1 aliphatic rings. The van der Waals surface area contributed by atoms with Crippen molar-refractivity contribution in [1.29, 1.82) is 0 Å². The zero-order chi connectivity index (χ0) is 13.9. The van der Waals surface area contributed by atoms with Crippen LogP contribution in [0.3, 0.4) is 0 Å². The van der Waals surface area contributed by atoms with Gasteiger partial charge >= 0.3 is 0 Å². The summed E-state index contributed by atoms with van der Waals surface area (Å²) in [4.78, 5) is 14.2. The SMILES string of the molecule is O=C(NC1CCN(c2ccc(Br)cc2)C1)c1ccco1. The van der Waals surface area contributed by atoms with E-state index in [1.165, 1.54) is 12.0 Å². The molecular formula is C15H15BrN2O2.